The van der Waals surface area contributed by atoms with Crippen LogP contribution in [-0.4, -0.2) is 14.7 Å². The summed E-state index contributed by atoms with van der Waals surface area (Å²) in [6.07, 6.45) is 2.81. The van der Waals surface area contributed by atoms with E-state index < -0.39 is 0 Å². The van der Waals surface area contributed by atoms with Crippen molar-refractivity contribution in [2.45, 2.75) is 46.2 Å². The summed E-state index contributed by atoms with van der Waals surface area (Å²) >= 11 is 5.99. The molecule has 1 aliphatic heterocycles. The monoisotopic (exact) mass is 558 g/mol. The largest absolute Gasteiger partial charge is 0.457 e. The van der Waals surface area contributed by atoms with E-state index in [0.29, 0.717) is 5.11 Å². The molecule has 6 heteroatoms. The van der Waals surface area contributed by atoms with Crippen molar-refractivity contribution in [3.8, 4) is 17.2 Å². The van der Waals surface area contributed by atoms with Crippen LogP contribution in [0.25, 0.3) is 5.69 Å². The molecule has 6 rings (SSSR count). The lowest BCUT2D eigenvalue weighted by molar-refractivity contribution is 0.482. The molecule has 5 nitrogen and oxygen atoms in total. The summed E-state index contributed by atoms with van der Waals surface area (Å²) in [6, 6.07) is 33.1. The molecule has 0 spiro atoms. The number of pyridine rings is 1. The van der Waals surface area contributed by atoms with E-state index >= 15 is 0 Å². The number of hydrogen-bond acceptors (Lipinski definition) is 3. The Kier molecular flexibility index (Phi) is 7.33. The number of aryl methyl sites for hydroxylation is 3. The van der Waals surface area contributed by atoms with Gasteiger partial charge >= 0.3 is 0 Å². The summed E-state index contributed by atoms with van der Waals surface area (Å²) < 4.78 is 8.49. The van der Waals surface area contributed by atoms with E-state index in [1.807, 2.05) is 42.6 Å². The summed E-state index contributed by atoms with van der Waals surface area (Å²) in [7, 11) is 0. The molecule has 2 atom stereocenters. The SMILES string of the molecule is CCc1ccccc1-n1c(C)cc(C2C(c3ccccn3)NC(=S)N2c2ccc(Oc3ccc(C)cc3)cc2)c1C. The molecule has 1 saturated heterocycles. The van der Waals surface area contributed by atoms with Crippen molar-refractivity contribution in [3.05, 3.63) is 137 Å². The zero-order valence-corrected chi connectivity index (χ0v) is 24.7. The number of para-hydroxylation sites is 1. The Morgan fingerprint density at radius 2 is 1.54 bits per heavy atom. The topological polar surface area (TPSA) is 42.3 Å². The Hall–Kier alpha value is -4.42. The van der Waals surface area contributed by atoms with Gasteiger partial charge in [-0.05, 0) is 111 Å². The predicted octanol–water partition coefficient (Wildman–Crippen LogP) is 8.33. The van der Waals surface area contributed by atoms with Crippen LogP contribution in [0.5, 0.6) is 11.5 Å². The molecule has 206 valence electrons. The number of anilines is 1. The Morgan fingerprint density at radius 3 is 2.22 bits per heavy atom. The van der Waals surface area contributed by atoms with E-state index in [1.54, 1.807) is 0 Å². The summed E-state index contributed by atoms with van der Waals surface area (Å²) in [5, 5.41) is 4.28. The van der Waals surface area contributed by atoms with E-state index in [0.717, 1.165) is 29.3 Å². The van der Waals surface area contributed by atoms with Crippen LogP contribution in [0.15, 0.2) is 103 Å². The number of nitrogens with one attached hydrogen (secondary N) is 1. The van der Waals surface area contributed by atoms with E-state index in [1.165, 1.54) is 33.8 Å². The number of thiocarbonyl (C=S) groups is 1. The molecule has 41 heavy (non-hydrogen) atoms. The van der Waals surface area contributed by atoms with Crippen LogP contribution in [0.1, 0.15) is 52.8 Å². The summed E-state index contributed by atoms with van der Waals surface area (Å²) in [5.41, 5.74) is 9.32. The number of rotatable bonds is 7. The van der Waals surface area contributed by atoms with Gasteiger partial charge < -0.3 is 19.5 Å². The number of hydrogen-bond donors (Lipinski definition) is 1. The van der Waals surface area contributed by atoms with E-state index in [2.05, 4.69) is 103 Å². The Morgan fingerprint density at radius 1 is 0.854 bits per heavy atom. The molecule has 0 saturated carbocycles. The minimum atomic E-state index is -0.109. The fraction of sp³-hybridized carbons (Fsp3) is 0.200. The molecule has 1 N–H and O–H groups in total. The van der Waals surface area contributed by atoms with Crippen LogP contribution >= 0.6 is 12.2 Å². The molecule has 0 bridgehead atoms. The highest BCUT2D eigenvalue weighted by molar-refractivity contribution is 7.80. The zero-order valence-electron chi connectivity index (χ0n) is 23.8. The Labute approximate surface area is 247 Å². The Balaban J connectivity index is 1.42. The van der Waals surface area contributed by atoms with Gasteiger partial charge in [0.1, 0.15) is 11.5 Å². The quantitative estimate of drug-likeness (QED) is 0.203. The molecule has 0 amide bonds. The Bertz CT molecular complexity index is 1680. The van der Waals surface area contributed by atoms with Gasteiger partial charge in [-0.25, -0.2) is 0 Å². The first kappa shape index (κ1) is 26.8. The lowest BCUT2D eigenvalue weighted by atomic mass is 9.96. The second kappa shape index (κ2) is 11.2. The van der Waals surface area contributed by atoms with E-state index in [9.17, 15) is 0 Å². The molecule has 1 fully saturated rings. The van der Waals surface area contributed by atoms with Gasteiger partial charge in [-0.2, -0.15) is 0 Å². The third kappa shape index (κ3) is 5.11. The fourth-order valence-corrected chi connectivity index (χ4v) is 6.20. The number of aromatic nitrogens is 2. The van der Waals surface area contributed by atoms with Gasteiger partial charge in [-0.3, -0.25) is 4.98 Å². The van der Waals surface area contributed by atoms with E-state index in [4.69, 9.17) is 21.9 Å². The first-order valence-electron chi connectivity index (χ1n) is 14.1. The highest BCUT2D eigenvalue weighted by atomic mass is 32.1. The van der Waals surface area contributed by atoms with Gasteiger partial charge in [0.2, 0.25) is 0 Å². The van der Waals surface area contributed by atoms with Crippen molar-refractivity contribution in [3.63, 3.8) is 0 Å². The first-order chi connectivity index (χ1) is 19.9. The van der Waals surface area contributed by atoms with Gasteiger partial charge in [0.25, 0.3) is 0 Å². The average molecular weight is 559 g/mol. The molecule has 3 heterocycles. The summed E-state index contributed by atoms with van der Waals surface area (Å²) in [4.78, 5) is 6.96. The second-order valence-corrected chi connectivity index (χ2v) is 10.9. The van der Waals surface area contributed by atoms with Gasteiger partial charge in [0.05, 0.1) is 17.8 Å². The van der Waals surface area contributed by atoms with E-state index in [-0.39, 0.29) is 12.1 Å². The van der Waals surface area contributed by atoms with Crippen LogP contribution in [0.3, 0.4) is 0 Å². The maximum absolute atomic E-state index is 6.11. The molecule has 5 aromatic rings. The highest BCUT2D eigenvalue weighted by Gasteiger charge is 2.42. The molecule has 2 unspecified atom stereocenters. The summed E-state index contributed by atoms with van der Waals surface area (Å²) in [6.45, 7) is 8.67. The minimum Gasteiger partial charge on any atom is -0.457 e. The first-order valence-corrected chi connectivity index (χ1v) is 14.5. The van der Waals surface area contributed by atoms with Crippen LogP contribution in [0, 0.1) is 20.8 Å². The van der Waals surface area contributed by atoms with Crippen LogP contribution in [-0.2, 0) is 6.42 Å². The highest BCUT2D eigenvalue weighted by Crippen LogP contribution is 2.44. The smallest absolute Gasteiger partial charge is 0.174 e. The average Bonchev–Trinajstić information content (AvgIpc) is 3.49. The molecule has 1 aliphatic rings. The van der Waals surface area contributed by atoms with Gasteiger partial charge in [-0.1, -0.05) is 48.9 Å². The van der Waals surface area contributed by atoms with Crippen LogP contribution in [0.2, 0.25) is 0 Å². The maximum Gasteiger partial charge on any atom is 0.174 e. The number of ether oxygens (including phenoxy) is 1. The van der Waals surface area contributed by atoms with Crippen molar-refractivity contribution < 1.29 is 4.74 Å². The molecule has 0 aliphatic carbocycles. The number of benzene rings is 3. The lowest BCUT2D eigenvalue weighted by Gasteiger charge is -2.28. The van der Waals surface area contributed by atoms with Gasteiger partial charge in [0.15, 0.2) is 5.11 Å². The van der Waals surface area contributed by atoms with Crippen molar-refractivity contribution >= 4 is 23.0 Å². The minimum absolute atomic E-state index is 0.0880. The van der Waals surface area contributed by atoms with Crippen LogP contribution < -0.4 is 15.0 Å². The molecule has 0 radical (unpaired) electrons. The van der Waals surface area contributed by atoms with Gasteiger partial charge in [-0.15, -0.1) is 0 Å². The lowest BCUT2D eigenvalue weighted by Crippen LogP contribution is -2.29. The predicted molar refractivity (Wildman–Crippen MR) is 170 cm³/mol. The maximum atomic E-state index is 6.11. The molecule has 3 aromatic carbocycles. The number of nitrogens with zero attached hydrogens (tertiary/aromatic N) is 3. The molecule has 2 aromatic heterocycles. The van der Waals surface area contributed by atoms with Crippen molar-refractivity contribution in [2.24, 2.45) is 0 Å². The normalized spacial score (nSPS) is 16.6. The fourth-order valence-electron chi connectivity index (χ4n) is 5.85. The third-order valence-electron chi connectivity index (χ3n) is 7.87. The van der Waals surface area contributed by atoms with Crippen LogP contribution in [0.4, 0.5) is 5.69 Å². The van der Waals surface area contributed by atoms with Crippen molar-refractivity contribution in [1.29, 1.82) is 0 Å². The summed E-state index contributed by atoms with van der Waals surface area (Å²) in [5.74, 6) is 1.59. The second-order valence-electron chi connectivity index (χ2n) is 10.5. The van der Waals surface area contributed by atoms with Crippen molar-refractivity contribution in [2.75, 3.05) is 4.90 Å². The molecular weight excluding hydrogens is 524 g/mol. The molecular formula is C35H34N4OS. The van der Waals surface area contributed by atoms with Crippen molar-refractivity contribution in [1.82, 2.24) is 14.9 Å². The third-order valence-corrected chi connectivity index (χ3v) is 8.19. The standard InChI is InChI=1S/C35H34N4OS/c1-5-26-10-6-7-12-32(26)38-24(3)22-30(25(38)4)34-33(31-11-8-9-21-36-31)37-35(41)39(34)27-15-19-29(20-16-27)40-28-17-13-23(2)14-18-28/h6-22,33-34H,5H2,1-4H3,(H,37,41). The van der Waals surface area contributed by atoms with Gasteiger partial charge in [0, 0.05) is 29.0 Å². The zero-order chi connectivity index (χ0) is 28.5.